The number of carbonyl (C=O) groups excluding carboxylic acids is 3. The number of amides is 3. The summed E-state index contributed by atoms with van der Waals surface area (Å²) in [5, 5.41) is 25.9. The maximum absolute atomic E-state index is 12.5. The predicted octanol–water partition coefficient (Wildman–Crippen LogP) is -0.592. The molecule has 1 aromatic rings. The van der Waals surface area contributed by atoms with E-state index < -0.39 is 41.8 Å². The first kappa shape index (κ1) is 26.2. The molecule has 3 amide bonds. The largest absolute Gasteiger partial charge is 0.508 e. The van der Waals surface area contributed by atoms with Crippen molar-refractivity contribution in [1.82, 2.24) is 16.0 Å². The predicted molar refractivity (Wildman–Crippen MR) is 118 cm³/mol. The van der Waals surface area contributed by atoms with Crippen LogP contribution in [0.5, 0.6) is 5.75 Å². The zero-order valence-corrected chi connectivity index (χ0v) is 18.4. The lowest BCUT2D eigenvalue weighted by Crippen LogP contribution is -2.54. The standard InChI is InChI=1S/C20H30N4O6S/c1-11(2)7-14(21)18(27)22-9-17(26)23-16(10-31)19(28)24-15(20(29)30)8-12-3-5-13(25)6-4-12/h3-6,11,14-16,25,31H,7-10,21H2,1-2H3,(H,22,27)(H,23,26)(H,24,28)(H,29,30). The van der Waals surface area contributed by atoms with Crippen molar-refractivity contribution in [3.05, 3.63) is 29.8 Å². The Hall–Kier alpha value is -2.79. The van der Waals surface area contributed by atoms with Gasteiger partial charge in [0, 0.05) is 12.2 Å². The molecule has 0 aliphatic carbocycles. The van der Waals surface area contributed by atoms with Gasteiger partial charge in [0.2, 0.25) is 17.7 Å². The summed E-state index contributed by atoms with van der Waals surface area (Å²) in [5.74, 6) is -2.91. The fourth-order valence-corrected chi connectivity index (χ4v) is 2.95. The van der Waals surface area contributed by atoms with Gasteiger partial charge in [-0.05, 0) is 30.0 Å². The Morgan fingerprint density at radius 1 is 1.03 bits per heavy atom. The van der Waals surface area contributed by atoms with Crippen LogP contribution in [-0.2, 0) is 25.6 Å². The summed E-state index contributed by atoms with van der Waals surface area (Å²) in [6.07, 6.45) is 0.450. The number of thiol groups is 1. The molecule has 0 spiro atoms. The molecule has 0 saturated carbocycles. The first-order valence-corrected chi connectivity index (χ1v) is 10.4. The average molecular weight is 455 g/mol. The van der Waals surface area contributed by atoms with E-state index in [-0.39, 0.29) is 30.4 Å². The first-order valence-electron chi connectivity index (χ1n) is 9.78. The van der Waals surface area contributed by atoms with Crippen molar-refractivity contribution in [3.63, 3.8) is 0 Å². The molecule has 3 unspecified atom stereocenters. The minimum absolute atomic E-state index is 0.0155. The van der Waals surface area contributed by atoms with Gasteiger partial charge >= 0.3 is 5.97 Å². The number of carboxylic acids is 1. The number of hydrogen-bond donors (Lipinski definition) is 7. The van der Waals surface area contributed by atoms with Crippen LogP contribution in [0.15, 0.2) is 24.3 Å². The van der Waals surface area contributed by atoms with E-state index in [9.17, 15) is 29.4 Å². The Morgan fingerprint density at radius 2 is 1.65 bits per heavy atom. The molecule has 0 aromatic heterocycles. The molecule has 172 valence electrons. The van der Waals surface area contributed by atoms with Crippen LogP contribution in [0.4, 0.5) is 0 Å². The van der Waals surface area contributed by atoms with Gasteiger partial charge in [-0.15, -0.1) is 0 Å². The topological polar surface area (TPSA) is 171 Å². The summed E-state index contributed by atoms with van der Waals surface area (Å²) < 4.78 is 0. The van der Waals surface area contributed by atoms with Gasteiger partial charge in [-0.1, -0.05) is 26.0 Å². The number of aromatic hydroxyl groups is 1. The highest BCUT2D eigenvalue weighted by Crippen LogP contribution is 2.11. The molecule has 0 aliphatic heterocycles. The van der Waals surface area contributed by atoms with E-state index >= 15 is 0 Å². The molecule has 0 fully saturated rings. The lowest BCUT2D eigenvalue weighted by molar-refractivity contribution is -0.142. The summed E-state index contributed by atoms with van der Waals surface area (Å²) in [7, 11) is 0. The van der Waals surface area contributed by atoms with E-state index in [1.54, 1.807) is 12.1 Å². The highest BCUT2D eigenvalue weighted by molar-refractivity contribution is 7.80. The first-order chi connectivity index (χ1) is 14.5. The van der Waals surface area contributed by atoms with Crippen LogP contribution in [0.25, 0.3) is 0 Å². The number of aliphatic carboxylic acids is 1. The number of nitrogens with two attached hydrogens (primary N) is 1. The number of nitrogens with one attached hydrogen (secondary N) is 3. The second-order valence-corrected chi connectivity index (χ2v) is 7.89. The second-order valence-electron chi connectivity index (χ2n) is 7.53. The van der Waals surface area contributed by atoms with Gasteiger partial charge in [-0.25, -0.2) is 4.79 Å². The van der Waals surface area contributed by atoms with Gasteiger partial charge in [-0.2, -0.15) is 12.6 Å². The van der Waals surface area contributed by atoms with Gasteiger partial charge in [0.25, 0.3) is 0 Å². The van der Waals surface area contributed by atoms with Gasteiger partial charge in [0.15, 0.2) is 0 Å². The number of rotatable bonds is 12. The lowest BCUT2D eigenvalue weighted by Gasteiger charge is -2.21. The van der Waals surface area contributed by atoms with Gasteiger partial charge in [-0.3, -0.25) is 14.4 Å². The Labute approximate surface area is 186 Å². The van der Waals surface area contributed by atoms with E-state index in [2.05, 4.69) is 28.6 Å². The van der Waals surface area contributed by atoms with E-state index in [4.69, 9.17) is 5.73 Å². The number of carbonyl (C=O) groups is 4. The van der Waals surface area contributed by atoms with Crippen LogP contribution < -0.4 is 21.7 Å². The molecule has 0 bridgehead atoms. The Balaban J connectivity index is 2.61. The highest BCUT2D eigenvalue weighted by atomic mass is 32.1. The number of phenols is 1. The highest BCUT2D eigenvalue weighted by Gasteiger charge is 2.26. The van der Waals surface area contributed by atoms with Gasteiger partial charge in [0.1, 0.15) is 17.8 Å². The van der Waals surface area contributed by atoms with E-state index in [0.717, 1.165) is 0 Å². The van der Waals surface area contributed by atoms with Crippen molar-refractivity contribution in [3.8, 4) is 5.75 Å². The molecular formula is C20H30N4O6S. The maximum atomic E-state index is 12.5. The van der Waals surface area contributed by atoms with Crippen LogP contribution in [0, 0.1) is 5.92 Å². The molecule has 0 aliphatic rings. The van der Waals surface area contributed by atoms with Crippen molar-refractivity contribution in [2.45, 2.75) is 44.8 Å². The fourth-order valence-electron chi connectivity index (χ4n) is 2.69. The van der Waals surface area contributed by atoms with Crippen molar-refractivity contribution in [1.29, 1.82) is 0 Å². The second kappa shape index (κ2) is 12.8. The molecule has 0 saturated heterocycles. The third-order valence-corrected chi connectivity index (χ3v) is 4.68. The van der Waals surface area contributed by atoms with E-state index in [0.29, 0.717) is 12.0 Å². The maximum Gasteiger partial charge on any atom is 0.326 e. The fraction of sp³-hybridized carbons (Fsp3) is 0.500. The quantitative estimate of drug-likeness (QED) is 0.207. The summed E-state index contributed by atoms with van der Waals surface area (Å²) in [4.78, 5) is 48.0. The minimum Gasteiger partial charge on any atom is -0.508 e. The summed E-state index contributed by atoms with van der Waals surface area (Å²) >= 11 is 4.04. The third-order valence-electron chi connectivity index (χ3n) is 4.31. The third kappa shape index (κ3) is 9.71. The molecule has 0 heterocycles. The summed E-state index contributed by atoms with van der Waals surface area (Å²) in [5.41, 5.74) is 6.34. The Morgan fingerprint density at radius 3 is 2.16 bits per heavy atom. The summed E-state index contributed by atoms with van der Waals surface area (Å²) in [6, 6.07) is 2.82. The van der Waals surface area contributed by atoms with E-state index in [1.807, 2.05) is 13.8 Å². The van der Waals surface area contributed by atoms with Crippen molar-refractivity contribution in [2.75, 3.05) is 12.3 Å². The molecule has 0 radical (unpaired) electrons. The SMILES string of the molecule is CC(C)CC(N)C(=O)NCC(=O)NC(CS)C(=O)NC(Cc1ccc(O)cc1)C(=O)O. The molecular weight excluding hydrogens is 424 g/mol. The number of carboxylic acid groups (broad SMARTS) is 1. The minimum atomic E-state index is -1.25. The molecule has 3 atom stereocenters. The van der Waals surface area contributed by atoms with Crippen LogP contribution in [-0.4, -0.2) is 64.3 Å². The van der Waals surface area contributed by atoms with Crippen molar-refractivity contribution in [2.24, 2.45) is 11.7 Å². The zero-order chi connectivity index (χ0) is 23.6. The van der Waals surface area contributed by atoms with Crippen molar-refractivity contribution >= 4 is 36.3 Å². The Kier molecular flexibility index (Phi) is 10.8. The molecule has 1 aromatic carbocycles. The van der Waals surface area contributed by atoms with Crippen LogP contribution in [0.3, 0.4) is 0 Å². The molecule has 11 heteroatoms. The van der Waals surface area contributed by atoms with Crippen LogP contribution >= 0.6 is 12.6 Å². The number of phenolic OH excluding ortho intramolecular Hbond substituents is 1. The molecule has 31 heavy (non-hydrogen) atoms. The van der Waals surface area contributed by atoms with Crippen LogP contribution in [0.2, 0.25) is 0 Å². The molecule has 7 N–H and O–H groups in total. The van der Waals surface area contributed by atoms with Crippen molar-refractivity contribution < 1.29 is 29.4 Å². The molecule has 1 rings (SSSR count). The van der Waals surface area contributed by atoms with Gasteiger partial charge < -0.3 is 31.9 Å². The monoisotopic (exact) mass is 454 g/mol. The molecule has 10 nitrogen and oxygen atoms in total. The zero-order valence-electron chi connectivity index (χ0n) is 17.5. The average Bonchev–Trinajstić information content (AvgIpc) is 2.70. The summed E-state index contributed by atoms with van der Waals surface area (Å²) in [6.45, 7) is 3.46. The number of benzene rings is 1. The van der Waals surface area contributed by atoms with Crippen LogP contribution in [0.1, 0.15) is 25.8 Å². The Bertz CT molecular complexity index is 771. The van der Waals surface area contributed by atoms with E-state index in [1.165, 1.54) is 12.1 Å². The normalized spacial score (nSPS) is 13.7. The number of hydrogen-bond acceptors (Lipinski definition) is 7. The lowest BCUT2D eigenvalue weighted by atomic mass is 10.0. The van der Waals surface area contributed by atoms with Gasteiger partial charge in [0.05, 0.1) is 12.6 Å². The smallest absolute Gasteiger partial charge is 0.326 e.